The summed E-state index contributed by atoms with van der Waals surface area (Å²) in [6.45, 7) is 5.80. The van der Waals surface area contributed by atoms with Gasteiger partial charge >= 0.3 is 0 Å². The lowest BCUT2D eigenvalue weighted by Crippen LogP contribution is -2.41. The van der Waals surface area contributed by atoms with E-state index in [2.05, 4.69) is 10.0 Å². The Bertz CT molecular complexity index is 1020. The van der Waals surface area contributed by atoms with Gasteiger partial charge in [0.15, 0.2) is 0 Å². The Morgan fingerprint density at radius 1 is 1.07 bits per heavy atom. The second kappa shape index (κ2) is 7.73. The summed E-state index contributed by atoms with van der Waals surface area (Å²) < 4.78 is 27.8. The first-order chi connectivity index (χ1) is 13.2. The average Bonchev–Trinajstić information content (AvgIpc) is 2.97. The van der Waals surface area contributed by atoms with Crippen LogP contribution in [0.1, 0.15) is 24.5 Å². The Labute approximate surface area is 164 Å². The summed E-state index contributed by atoms with van der Waals surface area (Å²) in [5.41, 5.74) is 3.49. The molecule has 2 aromatic rings. The molecule has 0 aliphatic carbocycles. The quantitative estimate of drug-likeness (QED) is 0.804. The van der Waals surface area contributed by atoms with Gasteiger partial charge in [-0.3, -0.25) is 9.59 Å². The molecule has 1 fully saturated rings. The van der Waals surface area contributed by atoms with Gasteiger partial charge in [-0.2, -0.15) is 4.72 Å². The Hall–Kier alpha value is -2.71. The monoisotopic (exact) mass is 401 g/mol. The van der Waals surface area contributed by atoms with Crippen LogP contribution in [0, 0.1) is 13.8 Å². The zero-order chi connectivity index (χ0) is 20.5. The average molecular weight is 401 g/mol. The molecule has 7 nitrogen and oxygen atoms in total. The third-order valence-electron chi connectivity index (χ3n) is 4.79. The summed E-state index contributed by atoms with van der Waals surface area (Å²) >= 11 is 0. The number of nitrogens with zero attached hydrogens (tertiary/aromatic N) is 1. The summed E-state index contributed by atoms with van der Waals surface area (Å²) in [6.07, 6.45) is 0.398. The molecule has 8 heteroatoms. The van der Waals surface area contributed by atoms with Gasteiger partial charge in [-0.15, -0.1) is 0 Å². The maximum absolute atomic E-state index is 12.7. The lowest BCUT2D eigenvalue weighted by molar-refractivity contribution is -0.118. The molecule has 148 valence electrons. The van der Waals surface area contributed by atoms with Crippen LogP contribution in [0.15, 0.2) is 47.4 Å². The van der Waals surface area contributed by atoms with Crippen LogP contribution in [0.2, 0.25) is 0 Å². The Kier molecular flexibility index (Phi) is 5.53. The van der Waals surface area contributed by atoms with E-state index < -0.39 is 16.1 Å². The molecule has 28 heavy (non-hydrogen) atoms. The van der Waals surface area contributed by atoms with E-state index >= 15 is 0 Å². The minimum atomic E-state index is -3.85. The van der Waals surface area contributed by atoms with Crippen LogP contribution in [-0.4, -0.2) is 32.8 Å². The molecule has 0 spiro atoms. The van der Waals surface area contributed by atoms with Crippen molar-refractivity contribution >= 4 is 33.2 Å². The number of nitrogens with one attached hydrogen (secondary N) is 2. The smallest absolute Gasteiger partial charge is 0.245 e. The number of amides is 2. The fraction of sp³-hybridized carbons (Fsp3) is 0.300. The van der Waals surface area contributed by atoms with Crippen LogP contribution in [-0.2, 0) is 19.6 Å². The molecular formula is C20H23N3O4S. The minimum absolute atomic E-state index is 0.0408. The maximum atomic E-state index is 12.7. The zero-order valence-electron chi connectivity index (χ0n) is 16.0. The molecule has 0 unspecified atom stereocenters. The van der Waals surface area contributed by atoms with Crippen molar-refractivity contribution in [3.8, 4) is 0 Å². The van der Waals surface area contributed by atoms with Gasteiger partial charge in [-0.1, -0.05) is 6.07 Å². The van der Waals surface area contributed by atoms with E-state index in [1.54, 1.807) is 4.90 Å². The first-order valence-electron chi connectivity index (χ1n) is 8.96. The van der Waals surface area contributed by atoms with Gasteiger partial charge in [0.05, 0.1) is 4.90 Å². The number of anilines is 2. The van der Waals surface area contributed by atoms with Crippen molar-refractivity contribution < 1.29 is 18.0 Å². The van der Waals surface area contributed by atoms with Crippen LogP contribution >= 0.6 is 0 Å². The Balaban J connectivity index is 1.73. The van der Waals surface area contributed by atoms with Crippen molar-refractivity contribution in [2.75, 3.05) is 16.8 Å². The Morgan fingerprint density at radius 2 is 1.75 bits per heavy atom. The molecule has 1 saturated heterocycles. The van der Waals surface area contributed by atoms with Crippen LogP contribution in [0.4, 0.5) is 11.4 Å². The number of aryl methyl sites for hydroxylation is 2. The highest BCUT2D eigenvalue weighted by atomic mass is 32.2. The van der Waals surface area contributed by atoms with Gasteiger partial charge in [0.1, 0.15) is 6.04 Å². The minimum Gasteiger partial charge on any atom is -0.326 e. The molecule has 1 aliphatic heterocycles. The molecule has 0 saturated carbocycles. The van der Waals surface area contributed by atoms with Gasteiger partial charge in [-0.25, -0.2) is 8.42 Å². The lowest BCUT2D eigenvalue weighted by Gasteiger charge is -2.18. The van der Waals surface area contributed by atoms with E-state index in [0.717, 1.165) is 16.8 Å². The molecule has 2 amide bonds. The van der Waals surface area contributed by atoms with Gasteiger partial charge in [0, 0.05) is 24.8 Å². The van der Waals surface area contributed by atoms with Gasteiger partial charge in [0.25, 0.3) is 0 Å². The highest BCUT2D eigenvalue weighted by molar-refractivity contribution is 7.89. The molecule has 1 heterocycles. The van der Waals surface area contributed by atoms with E-state index in [-0.39, 0.29) is 16.7 Å². The molecule has 1 aliphatic rings. The summed E-state index contributed by atoms with van der Waals surface area (Å²) in [7, 11) is -3.85. The molecule has 2 aromatic carbocycles. The van der Waals surface area contributed by atoms with Crippen molar-refractivity contribution in [3.05, 3.63) is 53.6 Å². The van der Waals surface area contributed by atoms with E-state index in [9.17, 15) is 18.0 Å². The van der Waals surface area contributed by atoms with E-state index in [0.29, 0.717) is 18.7 Å². The molecule has 1 atom stereocenters. The molecule has 0 bridgehead atoms. The van der Waals surface area contributed by atoms with E-state index in [1.165, 1.54) is 31.2 Å². The van der Waals surface area contributed by atoms with Gasteiger partial charge in [-0.05, 0) is 67.8 Å². The van der Waals surface area contributed by atoms with Crippen LogP contribution in [0.5, 0.6) is 0 Å². The SMILES string of the molecule is CC(=O)Nc1ccc(S(=O)(=O)N[C@H]2CCN(c3ccc(C)c(C)c3)C2=O)cc1. The summed E-state index contributed by atoms with van der Waals surface area (Å²) in [6, 6.07) is 10.8. The van der Waals surface area contributed by atoms with Gasteiger partial charge in [0.2, 0.25) is 21.8 Å². The number of benzene rings is 2. The van der Waals surface area contributed by atoms with Crippen molar-refractivity contribution in [1.82, 2.24) is 4.72 Å². The third-order valence-corrected chi connectivity index (χ3v) is 6.28. The van der Waals surface area contributed by atoms with E-state index in [4.69, 9.17) is 0 Å². The van der Waals surface area contributed by atoms with Gasteiger partial charge < -0.3 is 10.2 Å². The molecule has 0 aromatic heterocycles. The lowest BCUT2D eigenvalue weighted by atomic mass is 10.1. The maximum Gasteiger partial charge on any atom is 0.245 e. The number of hydrogen-bond donors (Lipinski definition) is 2. The summed E-state index contributed by atoms with van der Waals surface area (Å²) in [5.74, 6) is -0.501. The largest absolute Gasteiger partial charge is 0.326 e. The molecule has 2 N–H and O–H groups in total. The first-order valence-corrected chi connectivity index (χ1v) is 10.4. The van der Waals surface area contributed by atoms with Crippen LogP contribution < -0.4 is 14.9 Å². The Morgan fingerprint density at radius 3 is 2.36 bits per heavy atom. The topological polar surface area (TPSA) is 95.6 Å². The van der Waals surface area contributed by atoms with Crippen molar-refractivity contribution in [3.63, 3.8) is 0 Å². The van der Waals surface area contributed by atoms with E-state index in [1.807, 2.05) is 32.0 Å². The number of carbonyl (C=O) groups is 2. The number of hydrogen-bond acceptors (Lipinski definition) is 4. The fourth-order valence-corrected chi connectivity index (χ4v) is 4.34. The predicted octanol–water partition coefficient (Wildman–Crippen LogP) is 2.35. The number of rotatable bonds is 5. The highest BCUT2D eigenvalue weighted by Gasteiger charge is 2.35. The number of carbonyl (C=O) groups excluding carboxylic acids is 2. The number of sulfonamides is 1. The normalized spacial score (nSPS) is 17.0. The second-order valence-corrected chi connectivity index (χ2v) is 8.64. The molecular weight excluding hydrogens is 378 g/mol. The highest BCUT2D eigenvalue weighted by Crippen LogP contribution is 2.25. The molecule has 3 rings (SSSR count). The summed E-state index contributed by atoms with van der Waals surface area (Å²) in [4.78, 5) is 25.5. The summed E-state index contributed by atoms with van der Waals surface area (Å²) in [5, 5.41) is 2.58. The zero-order valence-corrected chi connectivity index (χ0v) is 16.8. The van der Waals surface area contributed by atoms with Crippen molar-refractivity contribution in [2.45, 2.75) is 38.1 Å². The van der Waals surface area contributed by atoms with Crippen molar-refractivity contribution in [2.24, 2.45) is 0 Å². The van der Waals surface area contributed by atoms with Crippen LogP contribution in [0.25, 0.3) is 0 Å². The predicted molar refractivity (Wildman–Crippen MR) is 108 cm³/mol. The second-order valence-electron chi connectivity index (χ2n) is 6.93. The fourth-order valence-electron chi connectivity index (χ4n) is 3.12. The standard InChI is InChI=1S/C20H23N3O4S/c1-13-4-7-17(12-14(13)2)23-11-10-19(20(23)25)22-28(26,27)18-8-5-16(6-9-18)21-15(3)24/h4-9,12,19,22H,10-11H2,1-3H3,(H,21,24)/t19-/m0/s1. The van der Waals surface area contributed by atoms with Crippen LogP contribution in [0.3, 0.4) is 0 Å². The van der Waals surface area contributed by atoms with Crippen molar-refractivity contribution in [1.29, 1.82) is 0 Å². The molecule has 0 radical (unpaired) electrons. The third kappa shape index (κ3) is 4.23. The first kappa shape index (κ1) is 20.0.